The van der Waals surface area contributed by atoms with E-state index in [-0.39, 0.29) is 36.3 Å². The van der Waals surface area contributed by atoms with E-state index in [4.69, 9.17) is 14.2 Å². The molecule has 0 radical (unpaired) electrons. The van der Waals surface area contributed by atoms with Crippen LogP contribution in [0.25, 0.3) is 0 Å². The van der Waals surface area contributed by atoms with Gasteiger partial charge in [0, 0.05) is 17.5 Å². The average Bonchev–Trinajstić information content (AvgIpc) is 2.93. The van der Waals surface area contributed by atoms with Gasteiger partial charge in [0.2, 0.25) is 0 Å². The molecule has 1 aliphatic rings. The molecule has 0 unspecified atom stereocenters. The van der Waals surface area contributed by atoms with E-state index < -0.39 is 5.97 Å². The van der Waals surface area contributed by atoms with Crippen molar-refractivity contribution in [2.24, 2.45) is 0 Å². The summed E-state index contributed by atoms with van der Waals surface area (Å²) in [5.74, 6) is -0.333. The van der Waals surface area contributed by atoms with Crippen LogP contribution in [-0.2, 0) is 27.3 Å². The van der Waals surface area contributed by atoms with Crippen molar-refractivity contribution in [2.45, 2.75) is 39.7 Å². The maximum atomic E-state index is 11.7. The van der Waals surface area contributed by atoms with Crippen molar-refractivity contribution in [1.29, 1.82) is 0 Å². The Labute approximate surface area is 153 Å². The van der Waals surface area contributed by atoms with Crippen LogP contribution in [0, 0.1) is 0 Å². The van der Waals surface area contributed by atoms with Gasteiger partial charge in [0.25, 0.3) is 0 Å². The minimum absolute atomic E-state index is 0. The summed E-state index contributed by atoms with van der Waals surface area (Å²) in [5, 5.41) is 10.4. The molecule has 0 aliphatic carbocycles. The number of ether oxygens (including phenoxy) is 3. The van der Waals surface area contributed by atoms with E-state index in [1.54, 1.807) is 13.0 Å². The quantitative estimate of drug-likeness (QED) is 0.585. The van der Waals surface area contributed by atoms with Gasteiger partial charge >= 0.3 is 11.9 Å². The Morgan fingerprint density at radius 2 is 2.12 bits per heavy atom. The molecule has 25 heavy (non-hydrogen) atoms. The van der Waals surface area contributed by atoms with E-state index in [0.29, 0.717) is 42.7 Å². The highest BCUT2D eigenvalue weighted by atomic mass is 35.5. The van der Waals surface area contributed by atoms with Gasteiger partial charge in [0.1, 0.15) is 23.7 Å². The van der Waals surface area contributed by atoms with Crippen LogP contribution < -0.4 is 4.74 Å². The van der Waals surface area contributed by atoms with Crippen LogP contribution in [0.15, 0.2) is 17.7 Å². The first-order valence-electron chi connectivity index (χ1n) is 7.88. The summed E-state index contributed by atoms with van der Waals surface area (Å²) in [6.45, 7) is 4.20. The third kappa shape index (κ3) is 4.89. The van der Waals surface area contributed by atoms with E-state index in [1.165, 1.54) is 7.11 Å². The molecule has 1 heterocycles. The number of methoxy groups -OCH3 is 1. The second kappa shape index (κ2) is 9.32. The number of phenols is 1. The molecule has 0 atom stereocenters. The topological polar surface area (TPSA) is 82.1 Å². The minimum atomic E-state index is -0.519. The van der Waals surface area contributed by atoms with Crippen LogP contribution in [0.5, 0.6) is 11.5 Å². The predicted octanol–water partition coefficient (Wildman–Crippen LogP) is 3.33. The number of fused-ring (bicyclic) bond motifs is 1. The van der Waals surface area contributed by atoms with Gasteiger partial charge in [-0.25, -0.2) is 4.79 Å². The van der Waals surface area contributed by atoms with E-state index in [0.717, 1.165) is 5.57 Å². The lowest BCUT2D eigenvalue weighted by Crippen LogP contribution is -2.03. The van der Waals surface area contributed by atoms with Crippen LogP contribution >= 0.6 is 12.4 Å². The van der Waals surface area contributed by atoms with Gasteiger partial charge in [-0.05, 0) is 32.8 Å². The smallest absolute Gasteiger partial charge is 0.342 e. The summed E-state index contributed by atoms with van der Waals surface area (Å²) in [7, 11) is 1.51. The fraction of sp³-hybridized carbons (Fsp3) is 0.444. The van der Waals surface area contributed by atoms with Crippen molar-refractivity contribution in [3.63, 3.8) is 0 Å². The molecule has 0 saturated carbocycles. The number of halogens is 1. The lowest BCUT2D eigenvalue weighted by molar-refractivity contribution is -0.143. The fourth-order valence-corrected chi connectivity index (χ4v) is 2.58. The maximum Gasteiger partial charge on any atom is 0.342 e. The molecular weight excluding hydrogens is 348 g/mol. The Balaban J connectivity index is 0.00000312. The summed E-state index contributed by atoms with van der Waals surface area (Å²) >= 11 is 0. The third-order valence-electron chi connectivity index (χ3n) is 3.91. The maximum absolute atomic E-state index is 11.7. The van der Waals surface area contributed by atoms with E-state index in [9.17, 15) is 14.7 Å². The molecule has 1 N–H and O–H groups in total. The molecule has 1 aromatic rings. The van der Waals surface area contributed by atoms with Crippen molar-refractivity contribution in [3.05, 3.63) is 34.4 Å². The number of aromatic hydroxyl groups is 1. The summed E-state index contributed by atoms with van der Waals surface area (Å²) in [6.07, 6.45) is 3.19. The van der Waals surface area contributed by atoms with Gasteiger partial charge < -0.3 is 19.3 Å². The molecule has 0 spiro atoms. The van der Waals surface area contributed by atoms with Crippen LogP contribution in [0.2, 0.25) is 0 Å². The van der Waals surface area contributed by atoms with E-state index in [2.05, 4.69) is 0 Å². The largest absolute Gasteiger partial charge is 0.507 e. The zero-order valence-corrected chi connectivity index (χ0v) is 15.4. The van der Waals surface area contributed by atoms with Crippen LogP contribution in [0.4, 0.5) is 0 Å². The first kappa shape index (κ1) is 20.8. The Bertz CT molecular complexity index is 681. The van der Waals surface area contributed by atoms with Crippen LogP contribution in [-0.4, -0.2) is 30.8 Å². The monoisotopic (exact) mass is 370 g/mol. The second-order valence-electron chi connectivity index (χ2n) is 5.58. The Morgan fingerprint density at radius 3 is 2.76 bits per heavy atom. The number of esters is 2. The van der Waals surface area contributed by atoms with Crippen molar-refractivity contribution >= 4 is 24.3 Å². The molecule has 1 aliphatic heterocycles. The number of cyclic esters (lactones) is 1. The average molecular weight is 371 g/mol. The van der Waals surface area contributed by atoms with Gasteiger partial charge in [0.15, 0.2) is 0 Å². The molecule has 6 nitrogen and oxygen atoms in total. The van der Waals surface area contributed by atoms with Gasteiger partial charge in [-0.1, -0.05) is 11.6 Å². The number of rotatable bonds is 7. The predicted molar refractivity (Wildman–Crippen MR) is 94.4 cm³/mol. The highest BCUT2D eigenvalue weighted by Crippen LogP contribution is 2.38. The molecule has 2 rings (SSSR count). The molecular formula is C18H23ClO6. The normalized spacial score (nSPS) is 12.9. The summed E-state index contributed by atoms with van der Waals surface area (Å²) < 4.78 is 15.2. The number of hydrogen-bond donors (Lipinski definition) is 1. The fourth-order valence-electron chi connectivity index (χ4n) is 2.58. The zero-order chi connectivity index (χ0) is 17.7. The molecule has 7 heteroatoms. The number of hydrogen-bond acceptors (Lipinski definition) is 6. The number of carbonyl (C=O) groups excluding carboxylic acids is 2. The lowest BCUT2D eigenvalue weighted by Gasteiger charge is -2.12. The van der Waals surface area contributed by atoms with Gasteiger partial charge in [-0.2, -0.15) is 0 Å². The summed E-state index contributed by atoms with van der Waals surface area (Å²) in [6, 6.07) is 1.72. The molecule has 0 aromatic heterocycles. The van der Waals surface area contributed by atoms with Crippen molar-refractivity contribution in [1.82, 2.24) is 0 Å². The molecule has 0 bridgehead atoms. The van der Waals surface area contributed by atoms with E-state index >= 15 is 0 Å². The van der Waals surface area contributed by atoms with Gasteiger partial charge in [-0.15, -0.1) is 12.4 Å². The summed E-state index contributed by atoms with van der Waals surface area (Å²) in [5.41, 5.74) is 2.36. The molecule has 0 saturated heterocycles. The van der Waals surface area contributed by atoms with Crippen molar-refractivity contribution < 1.29 is 28.9 Å². The molecule has 0 fully saturated rings. The standard InChI is InChI=1S/C18H22O6.ClH/c1-4-23-15(19)8-6-11(2)5-7-13-14(22-3)9-12-10-24-18(21)16(12)17(13)20;/h5,9,20H,4,6-8,10H2,1-3H3;1H/b11-5+;. The first-order chi connectivity index (χ1) is 11.5. The minimum Gasteiger partial charge on any atom is -0.507 e. The van der Waals surface area contributed by atoms with Crippen molar-refractivity contribution in [2.75, 3.05) is 13.7 Å². The zero-order valence-electron chi connectivity index (χ0n) is 14.6. The highest BCUT2D eigenvalue weighted by molar-refractivity contribution is 5.97. The van der Waals surface area contributed by atoms with Gasteiger partial charge in [0.05, 0.1) is 13.7 Å². The van der Waals surface area contributed by atoms with Crippen LogP contribution in [0.1, 0.15) is 48.2 Å². The number of carbonyl (C=O) groups is 2. The number of benzene rings is 1. The highest BCUT2D eigenvalue weighted by Gasteiger charge is 2.29. The summed E-state index contributed by atoms with van der Waals surface area (Å²) in [4.78, 5) is 23.1. The van der Waals surface area contributed by atoms with Gasteiger partial charge in [-0.3, -0.25) is 4.79 Å². The second-order valence-corrected chi connectivity index (χ2v) is 5.58. The first-order valence-corrected chi connectivity index (χ1v) is 7.88. The Morgan fingerprint density at radius 1 is 1.40 bits per heavy atom. The molecule has 138 valence electrons. The van der Waals surface area contributed by atoms with Crippen molar-refractivity contribution in [3.8, 4) is 11.5 Å². The Hall–Kier alpha value is -2.21. The number of phenolic OH excluding ortho intramolecular Hbond substituents is 1. The Kier molecular flexibility index (Phi) is 7.77. The lowest BCUT2D eigenvalue weighted by atomic mass is 9.99. The third-order valence-corrected chi connectivity index (χ3v) is 3.91. The van der Waals surface area contributed by atoms with Crippen LogP contribution in [0.3, 0.4) is 0 Å². The molecule has 1 aromatic carbocycles. The number of allylic oxidation sites excluding steroid dienone is 2. The molecule has 0 amide bonds. The van der Waals surface area contributed by atoms with E-state index in [1.807, 2.05) is 13.0 Å². The SMILES string of the molecule is CCOC(=O)CC/C(C)=C/Cc1c(OC)cc2c(c1O)C(=O)OC2.Cl.